The molecule has 2 aliphatic heterocycles. The van der Waals surface area contributed by atoms with Crippen LogP contribution in [0.2, 0.25) is 0 Å². The summed E-state index contributed by atoms with van der Waals surface area (Å²) in [4.78, 5) is 6.67. The highest BCUT2D eigenvalue weighted by molar-refractivity contribution is 5.48. The van der Waals surface area contributed by atoms with Gasteiger partial charge in [-0.25, -0.2) is 0 Å². The van der Waals surface area contributed by atoms with Crippen LogP contribution in [0, 0.1) is 0 Å². The minimum absolute atomic E-state index is 0.319. The number of hydrogen-bond donors (Lipinski definition) is 2. The molecular formula is C17H29N3O2. The number of aliphatic hydroxyl groups is 1. The predicted molar refractivity (Wildman–Crippen MR) is 89.6 cm³/mol. The van der Waals surface area contributed by atoms with Crippen molar-refractivity contribution in [3.05, 3.63) is 18.5 Å². The third-order valence-electron chi connectivity index (χ3n) is 4.01. The molecule has 2 N–H and O–H groups in total. The highest BCUT2D eigenvalue weighted by atomic mass is 16.5. The molecule has 3 rings (SSSR count). The van der Waals surface area contributed by atoms with Crippen LogP contribution in [0.5, 0.6) is 5.75 Å². The van der Waals surface area contributed by atoms with Crippen LogP contribution in [0.3, 0.4) is 0 Å². The van der Waals surface area contributed by atoms with Gasteiger partial charge in [-0.15, -0.1) is 0 Å². The second-order valence-corrected chi connectivity index (χ2v) is 5.90. The molecule has 2 aliphatic rings. The highest BCUT2D eigenvalue weighted by Gasteiger charge is 2.16. The summed E-state index contributed by atoms with van der Waals surface area (Å²) in [5, 5.41) is 11.3. The normalized spacial score (nSPS) is 20.6. The third-order valence-corrected chi connectivity index (χ3v) is 4.01. The lowest BCUT2D eigenvalue weighted by molar-refractivity contribution is 0.276. The van der Waals surface area contributed by atoms with Gasteiger partial charge in [-0.05, 0) is 38.6 Å². The first-order valence-electron chi connectivity index (χ1n) is 8.50. The van der Waals surface area contributed by atoms with E-state index in [1.807, 2.05) is 19.3 Å². The van der Waals surface area contributed by atoms with Crippen molar-refractivity contribution in [2.45, 2.75) is 45.1 Å². The van der Waals surface area contributed by atoms with E-state index in [1.54, 1.807) is 0 Å². The largest absolute Gasteiger partial charge is 0.490 e. The van der Waals surface area contributed by atoms with Crippen LogP contribution in [-0.2, 0) is 0 Å². The number of anilines is 1. The van der Waals surface area contributed by atoms with Gasteiger partial charge in [0.05, 0.1) is 18.1 Å². The van der Waals surface area contributed by atoms with Gasteiger partial charge in [-0.1, -0.05) is 6.92 Å². The first-order valence-corrected chi connectivity index (χ1v) is 8.50. The number of nitrogens with one attached hydrogen (secondary N) is 1. The molecular weight excluding hydrogens is 278 g/mol. The topological polar surface area (TPSA) is 57.6 Å². The Labute approximate surface area is 133 Å². The maximum absolute atomic E-state index is 7.88. The fraction of sp³-hybridized carbons (Fsp3) is 0.706. The van der Waals surface area contributed by atoms with Gasteiger partial charge in [-0.2, -0.15) is 0 Å². The van der Waals surface area contributed by atoms with Crippen LogP contribution in [0.25, 0.3) is 0 Å². The van der Waals surface area contributed by atoms with Crippen LogP contribution in [-0.4, -0.2) is 49.0 Å². The standard InChI is InChI=1S/C14H21N3O.C3H8O/c1-2-7-17(6-1)13-8-14(10-15-9-13)18-11-12-4-3-5-16-12;1-2-3-4/h8-10,12,16H,1-7,11H2;4H,2-3H2,1H3. The number of ether oxygens (including phenoxy) is 1. The average Bonchev–Trinajstić information content (AvgIpc) is 3.27. The smallest absolute Gasteiger partial charge is 0.139 e. The molecule has 0 spiro atoms. The zero-order valence-electron chi connectivity index (χ0n) is 13.6. The number of aliphatic hydroxyl groups excluding tert-OH is 1. The van der Waals surface area contributed by atoms with Crippen molar-refractivity contribution in [1.82, 2.24) is 10.3 Å². The van der Waals surface area contributed by atoms with Crippen LogP contribution >= 0.6 is 0 Å². The summed E-state index contributed by atoms with van der Waals surface area (Å²) in [6, 6.07) is 2.63. The average molecular weight is 307 g/mol. The number of hydrogen-bond acceptors (Lipinski definition) is 5. The van der Waals surface area contributed by atoms with Crippen molar-refractivity contribution in [1.29, 1.82) is 0 Å². The van der Waals surface area contributed by atoms with E-state index in [9.17, 15) is 0 Å². The summed E-state index contributed by atoms with van der Waals surface area (Å²) < 4.78 is 5.84. The Bertz CT molecular complexity index is 414. The fourth-order valence-electron chi connectivity index (χ4n) is 2.73. The monoisotopic (exact) mass is 307 g/mol. The SMILES string of the molecule is CCCO.c1ncc(N2CCCC2)cc1OCC1CCCN1. The van der Waals surface area contributed by atoms with Crippen LogP contribution in [0.15, 0.2) is 18.5 Å². The fourth-order valence-corrected chi connectivity index (χ4v) is 2.73. The molecule has 0 radical (unpaired) electrons. The molecule has 1 aromatic heterocycles. The van der Waals surface area contributed by atoms with Crippen molar-refractivity contribution in [2.75, 3.05) is 37.7 Å². The Kier molecular flexibility index (Phi) is 7.46. The Morgan fingerprint density at radius 3 is 2.73 bits per heavy atom. The Hall–Kier alpha value is -1.33. The number of nitrogens with zero attached hydrogens (tertiary/aromatic N) is 2. The molecule has 0 amide bonds. The van der Waals surface area contributed by atoms with Gasteiger partial charge < -0.3 is 20.1 Å². The molecule has 124 valence electrons. The molecule has 0 aromatic carbocycles. The first kappa shape index (κ1) is 17.0. The molecule has 22 heavy (non-hydrogen) atoms. The lowest BCUT2D eigenvalue weighted by atomic mass is 10.2. The number of aromatic nitrogens is 1. The minimum Gasteiger partial charge on any atom is -0.490 e. The van der Waals surface area contributed by atoms with Gasteiger partial charge in [-0.3, -0.25) is 4.98 Å². The zero-order chi connectivity index (χ0) is 15.6. The minimum atomic E-state index is 0.319. The molecule has 5 nitrogen and oxygen atoms in total. The second kappa shape index (κ2) is 9.64. The molecule has 1 unspecified atom stereocenters. The van der Waals surface area contributed by atoms with E-state index >= 15 is 0 Å². The quantitative estimate of drug-likeness (QED) is 0.873. The van der Waals surface area contributed by atoms with Gasteiger partial charge in [0.1, 0.15) is 12.4 Å². The molecule has 2 fully saturated rings. The maximum Gasteiger partial charge on any atom is 0.139 e. The Balaban J connectivity index is 0.000000396. The van der Waals surface area contributed by atoms with Crippen molar-refractivity contribution in [2.24, 2.45) is 0 Å². The van der Waals surface area contributed by atoms with Gasteiger partial charge in [0, 0.05) is 31.8 Å². The van der Waals surface area contributed by atoms with Crippen molar-refractivity contribution in [3.8, 4) is 5.75 Å². The molecule has 3 heterocycles. The van der Waals surface area contributed by atoms with E-state index in [2.05, 4.69) is 21.3 Å². The van der Waals surface area contributed by atoms with Gasteiger partial charge in [0.2, 0.25) is 0 Å². The van der Waals surface area contributed by atoms with Crippen LogP contribution in [0.1, 0.15) is 39.0 Å². The molecule has 0 bridgehead atoms. The van der Waals surface area contributed by atoms with Gasteiger partial charge in [0.15, 0.2) is 0 Å². The third kappa shape index (κ3) is 5.46. The van der Waals surface area contributed by atoms with E-state index in [1.165, 1.54) is 31.4 Å². The van der Waals surface area contributed by atoms with Gasteiger partial charge >= 0.3 is 0 Å². The Morgan fingerprint density at radius 1 is 1.32 bits per heavy atom. The summed E-state index contributed by atoms with van der Waals surface area (Å²) in [6.45, 7) is 6.43. The van der Waals surface area contributed by atoms with Gasteiger partial charge in [0.25, 0.3) is 0 Å². The van der Waals surface area contributed by atoms with E-state index in [4.69, 9.17) is 9.84 Å². The van der Waals surface area contributed by atoms with E-state index in [0.29, 0.717) is 12.6 Å². The molecule has 1 aromatic rings. The van der Waals surface area contributed by atoms with E-state index in [0.717, 1.165) is 38.4 Å². The lowest BCUT2D eigenvalue weighted by Gasteiger charge is -2.18. The molecule has 5 heteroatoms. The van der Waals surface area contributed by atoms with Crippen LogP contribution in [0.4, 0.5) is 5.69 Å². The Morgan fingerprint density at radius 2 is 2.09 bits per heavy atom. The highest BCUT2D eigenvalue weighted by Crippen LogP contribution is 2.23. The predicted octanol–water partition coefficient (Wildman–Crippen LogP) is 2.20. The van der Waals surface area contributed by atoms with Crippen molar-refractivity contribution < 1.29 is 9.84 Å². The molecule has 0 saturated carbocycles. The molecule has 2 saturated heterocycles. The second-order valence-electron chi connectivity index (χ2n) is 5.90. The van der Waals surface area contributed by atoms with E-state index in [-0.39, 0.29) is 0 Å². The first-order chi connectivity index (χ1) is 10.8. The summed E-state index contributed by atoms with van der Waals surface area (Å²) in [5.41, 5.74) is 1.20. The number of rotatable bonds is 5. The number of pyridine rings is 1. The summed E-state index contributed by atoms with van der Waals surface area (Å²) in [5.74, 6) is 0.896. The summed E-state index contributed by atoms with van der Waals surface area (Å²) in [6.07, 6.45) is 9.69. The van der Waals surface area contributed by atoms with Crippen LogP contribution < -0.4 is 15.0 Å². The lowest BCUT2D eigenvalue weighted by Crippen LogP contribution is -2.28. The molecule has 1 atom stereocenters. The van der Waals surface area contributed by atoms with E-state index < -0.39 is 0 Å². The molecule has 0 aliphatic carbocycles. The zero-order valence-corrected chi connectivity index (χ0v) is 13.6. The maximum atomic E-state index is 7.88. The van der Waals surface area contributed by atoms with Crippen molar-refractivity contribution in [3.63, 3.8) is 0 Å². The van der Waals surface area contributed by atoms with Crippen molar-refractivity contribution >= 4 is 5.69 Å². The summed E-state index contributed by atoms with van der Waals surface area (Å²) in [7, 11) is 0. The summed E-state index contributed by atoms with van der Waals surface area (Å²) >= 11 is 0.